The average molecular weight is 377 g/mol. The number of hydrogen-bond donors (Lipinski definition) is 2. The molecule has 0 amide bonds. The summed E-state index contributed by atoms with van der Waals surface area (Å²) in [6, 6.07) is 19.5. The van der Waals surface area contributed by atoms with Gasteiger partial charge in [0.1, 0.15) is 5.65 Å². The molecule has 3 heterocycles. The smallest absolute Gasteiger partial charge is 0.223 e. The van der Waals surface area contributed by atoms with E-state index in [0.717, 1.165) is 27.9 Å². The zero-order chi connectivity index (χ0) is 19.2. The minimum absolute atomic E-state index is 0.521. The summed E-state index contributed by atoms with van der Waals surface area (Å²) in [5.41, 5.74) is 5.07. The van der Waals surface area contributed by atoms with Crippen molar-refractivity contribution in [2.24, 2.45) is 0 Å². The first-order chi connectivity index (χ1) is 14.3. The number of aromatic amines is 1. The van der Waals surface area contributed by atoms with Crippen LogP contribution in [0.15, 0.2) is 73.2 Å². The molecule has 0 saturated heterocycles. The third-order valence-corrected chi connectivity index (χ3v) is 5.47. The Morgan fingerprint density at radius 2 is 1.79 bits per heavy atom. The van der Waals surface area contributed by atoms with Crippen molar-refractivity contribution in [3.63, 3.8) is 0 Å². The summed E-state index contributed by atoms with van der Waals surface area (Å²) in [5.74, 6) is 0.692. The van der Waals surface area contributed by atoms with E-state index in [9.17, 15) is 0 Å². The van der Waals surface area contributed by atoms with Crippen LogP contribution in [0.3, 0.4) is 0 Å². The van der Waals surface area contributed by atoms with Crippen LogP contribution in [0, 0.1) is 0 Å². The molecule has 0 atom stereocenters. The van der Waals surface area contributed by atoms with Crippen molar-refractivity contribution in [1.29, 1.82) is 0 Å². The lowest BCUT2D eigenvalue weighted by Crippen LogP contribution is -2.05. The fraction of sp³-hybridized carbons (Fsp3) is 0.125. The van der Waals surface area contributed by atoms with E-state index in [0.29, 0.717) is 12.0 Å². The number of benzene rings is 2. The number of nitrogens with zero attached hydrogens (tertiary/aromatic N) is 3. The third kappa shape index (κ3) is 2.91. The summed E-state index contributed by atoms with van der Waals surface area (Å²) in [6.45, 7) is 0. The van der Waals surface area contributed by atoms with E-state index in [1.807, 2.05) is 24.7 Å². The minimum atomic E-state index is 0.521. The van der Waals surface area contributed by atoms with Gasteiger partial charge in [-0.15, -0.1) is 0 Å². The Balaban J connectivity index is 1.48. The first-order valence-electron chi connectivity index (χ1n) is 9.90. The van der Waals surface area contributed by atoms with Gasteiger partial charge in [0.15, 0.2) is 0 Å². The molecule has 1 saturated carbocycles. The third-order valence-electron chi connectivity index (χ3n) is 5.47. The molecule has 0 aliphatic heterocycles. The van der Waals surface area contributed by atoms with Crippen molar-refractivity contribution in [2.75, 3.05) is 5.32 Å². The van der Waals surface area contributed by atoms with E-state index in [-0.39, 0.29) is 0 Å². The van der Waals surface area contributed by atoms with E-state index >= 15 is 0 Å². The first-order valence-corrected chi connectivity index (χ1v) is 9.90. The van der Waals surface area contributed by atoms with E-state index in [2.05, 4.69) is 68.8 Å². The Hall–Kier alpha value is -3.73. The summed E-state index contributed by atoms with van der Waals surface area (Å²) >= 11 is 0. The van der Waals surface area contributed by atoms with Crippen LogP contribution in [0.2, 0.25) is 0 Å². The molecule has 0 unspecified atom stereocenters. The number of hydrogen-bond acceptors (Lipinski definition) is 4. The van der Waals surface area contributed by atoms with Crippen LogP contribution in [0.5, 0.6) is 0 Å². The van der Waals surface area contributed by atoms with E-state index in [1.165, 1.54) is 29.2 Å². The molecule has 5 aromatic rings. The van der Waals surface area contributed by atoms with Crippen LogP contribution in [-0.4, -0.2) is 26.0 Å². The summed E-state index contributed by atoms with van der Waals surface area (Å²) in [6.07, 6.45) is 8.12. The van der Waals surface area contributed by atoms with E-state index < -0.39 is 0 Å². The standard InChI is InChI=1S/C24H19N5/c1-2-6-18-15(4-1)5-3-7-19(18)16-12-20-21(14-27-23(20)26-13-16)22-10-11-25-24(29-22)28-17-8-9-17/h1-7,10-14,17H,8-9H2,(H,26,27)(H,25,28,29). The molecular weight excluding hydrogens is 358 g/mol. The predicted octanol–water partition coefficient (Wildman–Crippen LogP) is 5.41. The fourth-order valence-corrected chi connectivity index (χ4v) is 3.83. The molecule has 1 aliphatic carbocycles. The Kier molecular flexibility index (Phi) is 3.59. The number of aromatic nitrogens is 4. The second-order valence-corrected chi connectivity index (χ2v) is 7.53. The second-order valence-electron chi connectivity index (χ2n) is 7.53. The molecule has 29 heavy (non-hydrogen) atoms. The number of fused-ring (bicyclic) bond motifs is 2. The van der Waals surface area contributed by atoms with E-state index in [1.54, 1.807) is 0 Å². The predicted molar refractivity (Wildman–Crippen MR) is 117 cm³/mol. The monoisotopic (exact) mass is 377 g/mol. The molecule has 2 aromatic carbocycles. The van der Waals surface area contributed by atoms with Gasteiger partial charge in [-0.05, 0) is 41.3 Å². The van der Waals surface area contributed by atoms with Crippen LogP contribution in [0.4, 0.5) is 5.95 Å². The highest BCUT2D eigenvalue weighted by Gasteiger charge is 2.22. The van der Waals surface area contributed by atoms with Crippen LogP contribution in [0.25, 0.3) is 44.2 Å². The zero-order valence-electron chi connectivity index (χ0n) is 15.8. The number of anilines is 1. The van der Waals surface area contributed by atoms with Gasteiger partial charge in [-0.2, -0.15) is 0 Å². The van der Waals surface area contributed by atoms with Gasteiger partial charge in [0, 0.05) is 41.1 Å². The van der Waals surface area contributed by atoms with Crippen LogP contribution >= 0.6 is 0 Å². The van der Waals surface area contributed by atoms with Gasteiger partial charge in [-0.3, -0.25) is 0 Å². The molecule has 5 heteroatoms. The molecule has 1 aliphatic rings. The molecular formula is C24H19N5. The molecule has 2 N–H and O–H groups in total. The highest BCUT2D eigenvalue weighted by molar-refractivity contribution is 6.00. The van der Waals surface area contributed by atoms with Crippen molar-refractivity contribution in [1.82, 2.24) is 19.9 Å². The Bertz CT molecular complexity index is 1340. The van der Waals surface area contributed by atoms with Gasteiger partial charge >= 0.3 is 0 Å². The maximum Gasteiger partial charge on any atom is 0.223 e. The largest absolute Gasteiger partial charge is 0.351 e. The van der Waals surface area contributed by atoms with Gasteiger partial charge in [-0.1, -0.05) is 42.5 Å². The van der Waals surface area contributed by atoms with Gasteiger partial charge in [0.2, 0.25) is 5.95 Å². The number of nitrogens with one attached hydrogen (secondary N) is 2. The van der Waals surface area contributed by atoms with Crippen molar-refractivity contribution >= 4 is 27.8 Å². The fourth-order valence-electron chi connectivity index (χ4n) is 3.83. The van der Waals surface area contributed by atoms with Crippen molar-refractivity contribution in [3.8, 4) is 22.4 Å². The molecule has 0 spiro atoms. The molecule has 6 rings (SSSR count). The lowest BCUT2D eigenvalue weighted by Gasteiger charge is -2.08. The normalized spacial score (nSPS) is 13.8. The van der Waals surface area contributed by atoms with Crippen LogP contribution < -0.4 is 5.32 Å². The van der Waals surface area contributed by atoms with Crippen LogP contribution in [0.1, 0.15) is 12.8 Å². The van der Waals surface area contributed by atoms with Gasteiger partial charge in [0.05, 0.1) is 5.69 Å². The van der Waals surface area contributed by atoms with E-state index in [4.69, 9.17) is 4.98 Å². The lowest BCUT2D eigenvalue weighted by molar-refractivity contribution is 1.06. The highest BCUT2D eigenvalue weighted by atomic mass is 15.1. The Labute approximate surface area is 167 Å². The number of rotatable bonds is 4. The molecule has 1 fully saturated rings. The van der Waals surface area contributed by atoms with Crippen molar-refractivity contribution in [2.45, 2.75) is 18.9 Å². The quantitative estimate of drug-likeness (QED) is 0.439. The summed E-state index contributed by atoms with van der Waals surface area (Å²) in [7, 11) is 0. The maximum atomic E-state index is 4.73. The van der Waals surface area contributed by atoms with Gasteiger partial charge < -0.3 is 10.3 Å². The summed E-state index contributed by atoms with van der Waals surface area (Å²) < 4.78 is 0. The average Bonchev–Trinajstić information content (AvgIpc) is 3.48. The molecule has 3 aromatic heterocycles. The molecule has 0 radical (unpaired) electrons. The molecule has 140 valence electrons. The number of H-pyrrole nitrogens is 1. The van der Waals surface area contributed by atoms with Crippen molar-refractivity contribution < 1.29 is 0 Å². The highest BCUT2D eigenvalue weighted by Crippen LogP contribution is 2.33. The summed E-state index contributed by atoms with van der Waals surface area (Å²) in [4.78, 5) is 17.0. The number of pyridine rings is 1. The van der Waals surface area contributed by atoms with Gasteiger partial charge in [-0.25, -0.2) is 15.0 Å². The Morgan fingerprint density at radius 3 is 2.72 bits per heavy atom. The second kappa shape index (κ2) is 6.41. The maximum absolute atomic E-state index is 4.73. The van der Waals surface area contributed by atoms with Crippen LogP contribution in [-0.2, 0) is 0 Å². The van der Waals surface area contributed by atoms with Gasteiger partial charge in [0.25, 0.3) is 0 Å². The topological polar surface area (TPSA) is 66.5 Å². The zero-order valence-corrected chi connectivity index (χ0v) is 15.8. The molecule has 5 nitrogen and oxygen atoms in total. The first kappa shape index (κ1) is 16.2. The molecule has 0 bridgehead atoms. The van der Waals surface area contributed by atoms with Crippen molar-refractivity contribution in [3.05, 3.63) is 73.2 Å². The Morgan fingerprint density at radius 1 is 0.897 bits per heavy atom. The SMILES string of the molecule is c1ccc2c(-c3cnc4[nH]cc(-c5ccnc(NC6CC6)n5)c4c3)cccc2c1. The lowest BCUT2D eigenvalue weighted by atomic mass is 9.98. The minimum Gasteiger partial charge on any atom is -0.351 e. The summed E-state index contributed by atoms with van der Waals surface area (Å²) in [5, 5.41) is 6.89.